The van der Waals surface area contributed by atoms with Gasteiger partial charge in [-0.3, -0.25) is 19.3 Å². The minimum absolute atomic E-state index is 0.153. The van der Waals surface area contributed by atoms with E-state index in [2.05, 4.69) is 5.32 Å². The van der Waals surface area contributed by atoms with Gasteiger partial charge in [-0.1, -0.05) is 54.1 Å². The lowest BCUT2D eigenvalue weighted by Gasteiger charge is -2.13. The summed E-state index contributed by atoms with van der Waals surface area (Å²) in [6.45, 7) is 0.141. The van der Waals surface area contributed by atoms with Crippen molar-refractivity contribution in [3.63, 3.8) is 0 Å². The first-order chi connectivity index (χ1) is 17.0. The Kier molecular flexibility index (Phi) is 8.07. The minimum Gasteiger partial charge on any atom is -0.492 e. The molecular weight excluding hydrogens is 488 g/mol. The monoisotopic (exact) mass is 508 g/mol. The molecule has 1 saturated heterocycles. The smallest absolute Gasteiger partial charge is 0.293 e. The fraction of sp³-hybridized carbons (Fsp3) is 0.115. The van der Waals surface area contributed by atoms with E-state index >= 15 is 0 Å². The molecule has 178 valence electrons. The summed E-state index contributed by atoms with van der Waals surface area (Å²) in [6, 6.07) is 23.0. The molecule has 0 saturated carbocycles. The predicted molar refractivity (Wildman–Crippen MR) is 137 cm³/mol. The van der Waals surface area contributed by atoms with Crippen LogP contribution < -0.4 is 14.8 Å². The van der Waals surface area contributed by atoms with Gasteiger partial charge in [0.2, 0.25) is 0 Å². The van der Waals surface area contributed by atoms with Crippen LogP contribution in [0.15, 0.2) is 83.8 Å². The minimum atomic E-state index is -0.373. The molecule has 1 aliphatic heterocycles. The molecule has 1 fully saturated rings. The Hall–Kier alpha value is -3.75. The third-order valence-electron chi connectivity index (χ3n) is 4.87. The lowest BCUT2D eigenvalue weighted by molar-refractivity contribution is -0.123. The number of halogens is 1. The summed E-state index contributed by atoms with van der Waals surface area (Å²) < 4.78 is 11.2. The highest BCUT2D eigenvalue weighted by atomic mass is 35.5. The predicted octanol–water partition coefficient (Wildman–Crippen LogP) is 5.47. The summed E-state index contributed by atoms with van der Waals surface area (Å²) in [4.78, 5) is 38.7. The number of carbonyl (C=O) groups excluding carboxylic acids is 3. The summed E-state index contributed by atoms with van der Waals surface area (Å²) in [6.07, 6.45) is 1.62. The van der Waals surface area contributed by atoms with E-state index in [1.165, 1.54) is 4.90 Å². The van der Waals surface area contributed by atoms with Crippen molar-refractivity contribution in [2.45, 2.75) is 0 Å². The molecular formula is C26H21ClN2O5S. The number of nitrogens with one attached hydrogen (secondary N) is 1. The SMILES string of the molecule is O=C(COc1cccc(/C=C2\SC(=O)N(CCOc3ccccc3)C2=O)c1)Nc1ccccc1Cl. The standard InChI is InChI=1S/C26H21ClN2O5S/c27-21-11-4-5-12-22(21)28-24(30)17-34-20-10-6-7-18(15-20)16-23-25(31)29(26(32)35-23)13-14-33-19-8-2-1-3-9-19/h1-12,15-16H,13-14,17H2,(H,28,30)/b23-16-. The zero-order valence-electron chi connectivity index (χ0n) is 18.5. The highest BCUT2D eigenvalue weighted by Crippen LogP contribution is 2.32. The van der Waals surface area contributed by atoms with Gasteiger partial charge >= 0.3 is 0 Å². The zero-order valence-corrected chi connectivity index (χ0v) is 20.1. The van der Waals surface area contributed by atoms with Crippen molar-refractivity contribution in [2.75, 3.05) is 25.1 Å². The molecule has 9 heteroatoms. The Morgan fingerprint density at radius 2 is 1.69 bits per heavy atom. The van der Waals surface area contributed by atoms with Crippen LogP contribution in [-0.2, 0) is 9.59 Å². The van der Waals surface area contributed by atoms with Crippen molar-refractivity contribution in [3.8, 4) is 11.5 Å². The number of ether oxygens (including phenoxy) is 2. The van der Waals surface area contributed by atoms with Gasteiger partial charge in [-0.05, 0) is 59.8 Å². The van der Waals surface area contributed by atoms with Crippen molar-refractivity contribution >= 4 is 52.2 Å². The molecule has 0 aromatic heterocycles. The van der Waals surface area contributed by atoms with Gasteiger partial charge in [0.25, 0.3) is 17.1 Å². The molecule has 1 heterocycles. The van der Waals surface area contributed by atoms with Crippen LogP contribution in [0.1, 0.15) is 5.56 Å². The largest absolute Gasteiger partial charge is 0.492 e. The molecule has 0 spiro atoms. The second-order valence-electron chi connectivity index (χ2n) is 7.38. The quantitative estimate of drug-likeness (QED) is 0.386. The van der Waals surface area contributed by atoms with Crippen LogP contribution in [0.5, 0.6) is 11.5 Å². The number of hydrogen-bond donors (Lipinski definition) is 1. The first-order valence-corrected chi connectivity index (χ1v) is 11.9. The second-order valence-corrected chi connectivity index (χ2v) is 8.78. The van der Waals surface area contributed by atoms with Gasteiger partial charge in [-0.25, -0.2) is 0 Å². The van der Waals surface area contributed by atoms with E-state index in [4.69, 9.17) is 21.1 Å². The second kappa shape index (κ2) is 11.6. The zero-order chi connectivity index (χ0) is 24.6. The van der Waals surface area contributed by atoms with Gasteiger partial charge in [0.15, 0.2) is 6.61 Å². The number of carbonyl (C=O) groups is 3. The van der Waals surface area contributed by atoms with Crippen LogP contribution >= 0.6 is 23.4 Å². The first kappa shape index (κ1) is 24.4. The molecule has 0 unspecified atom stereocenters. The number of thioether (sulfide) groups is 1. The van der Waals surface area contributed by atoms with Crippen molar-refractivity contribution in [3.05, 3.63) is 94.4 Å². The van der Waals surface area contributed by atoms with Crippen molar-refractivity contribution in [1.29, 1.82) is 0 Å². The van der Waals surface area contributed by atoms with Crippen LogP contribution in [-0.4, -0.2) is 41.7 Å². The molecule has 0 radical (unpaired) electrons. The molecule has 7 nitrogen and oxygen atoms in total. The van der Waals surface area contributed by atoms with Gasteiger partial charge in [0.1, 0.15) is 18.1 Å². The van der Waals surface area contributed by atoms with Crippen LogP contribution in [0, 0.1) is 0 Å². The van der Waals surface area contributed by atoms with E-state index in [0.29, 0.717) is 32.7 Å². The Balaban J connectivity index is 1.33. The van der Waals surface area contributed by atoms with Crippen LogP contribution in [0.4, 0.5) is 10.5 Å². The summed E-state index contributed by atoms with van der Waals surface area (Å²) in [5, 5.41) is 2.78. The fourth-order valence-electron chi connectivity index (χ4n) is 3.21. The summed E-state index contributed by atoms with van der Waals surface area (Å²) in [7, 11) is 0. The average molecular weight is 509 g/mol. The molecule has 35 heavy (non-hydrogen) atoms. The molecule has 3 aromatic carbocycles. The highest BCUT2D eigenvalue weighted by Gasteiger charge is 2.34. The number of benzene rings is 3. The summed E-state index contributed by atoms with van der Waals surface area (Å²) in [5.41, 5.74) is 1.17. The molecule has 3 amide bonds. The summed E-state index contributed by atoms with van der Waals surface area (Å²) >= 11 is 6.92. The van der Waals surface area contributed by atoms with Gasteiger partial charge in [0.05, 0.1) is 22.2 Å². The molecule has 1 aliphatic rings. The van der Waals surface area contributed by atoms with E-state index in [9.17, 15) is 14.4 Å². The Bertz CT molecular complexity index is 1270. The van der Waals surface area contributed by atoms with Crippen LogP contribution in [0.3, 0.4) is 0 Å². The van der Waals surface area contributed by atoms with E-state index in [1.54, 1.807) is 54.6 Å². The number of imide groups is 1. The maximum atomic E-state index is 12.7. The van der Waals surface area contributed by atoms with Gasteiger partial charge in [-0.15, -0.1) is 0 Å². The molecule has 1 N–H and O–H groups in total. The molecule has 3 aromatic rings. The number of rotatable bonds is 9. The molecule has 0 atom stereocenters. The van der Waals surface area contributed by atoms with Crippen LogP contribution in [0.2, 0.25) is 5.02 Å². The Labute approximate surface area is 211 Å². The van der Waals surface area contributed by atoms with Gasteiger partial charge in [-0.2, -0.15) is 0 Å². The van der Waals surface area contributed by atoms with E-state index < -0.39 is 0 Å². The maximum absolute atomic E-state index is 12.7. The van der Waals surface area contributed by atoms with Gasteiger partial charge < -0.3 is 14.8 Å². The molecule has 0 bridgehead atoms. The van der Waals surface area contributed by atoms with E-state index in [0.717, 1.165) is 11.8 Å². The Morgan fingerprint density at radius 3 is 2.49 bits per heavy atom. The topological polar surface area (TPSA) is 84.9 Å². The average Bonchev–Trinajstić information content (AvgIpc) is 3.12. The Morgan fingerprint density at radius 1 is 0.943 bits per heavy atom. The van der Waals surface area contributed by atoms with Crippen molar-refractivity contribution in [1.82, 2.24) is 4.90 Å². The fourth-order valence-corrected chi connectivity index (χ4v) is 4.26. The van der Waals surface area contributed by atoms with Crippen molar-refractivity contribution < 1.29 is 23.9 Å². The van der Waals surface area contributed by atoms with E-state index in [-0.39, 0.29) is 36.8 Å². The lowest BCUT2D eigenvalue weighted by Crippen LogP contribution is -2.32. The number of hydrogen-bond acceptors (Lipinski definition) is 6. The van der Waals surface area contributed by atoms with Crippen molar-refractivity contribution in [2.24, 2.45) is 0 Å². The first-order valence-electron chi connectivity index (χ1n) is 10.7. The lowest BCUT2D eigenvalue weighted by atomic mass is 10.2. The number of nitrogens with zero attached hydrogens (tertiary/aromatic N) is 1. The summed E-state index contributed by atoms with van der Waals surface area (Å²) in [5.74, 6) is 0.389. The number of amides is 3. The van der Waals surface area contributed by atoms with E-state index in [1.807, 2.05) is 30.3 Å². The number of para-hydroxylation sites is 2. The third kappa shape index (κ3) is 6.65. The molecule has 0 aliphatic carbocycles. The van der Waals surface area contributed by atoms with Crippen LogP contribution in [0.25, 0.3) is 6.08 Å². The maximum Gasteiger partial charge on any atom is 0.293 e. The number of anilines is 1. The third-order valence-corrected chi connectivity index (χ3v) is 6.11. The highest BCUT2D eigenvalue weighted by molar-refractivity contribution is 8.18. The molecule has 4 rings (SSSR count). The normalized spacial score (nSPS) is 14.3. The van der Waals surface area contributed by atoms with Gasteiger partial charge in [0, 0.05) is 0 Å².